The molecule has 86 valence electrons. The van der Waals surface area contributed by atoms with Gasteiger partial charge in [0.05, 0.1) is 0 Å². The molecule has 1 aliphatic heterocycles. The maximum absolute atomic E-state index is 11.7. The van der Waals surface area contributed by atoms with E-state index in [0.29, 0.717) is 11.3 Å². The summed E-state index contributed by atoms with van der Waals surface area (Å²) in [7, 11) is -1.28. The highest BCUT2D eigenvalue weighted by Gasteiger charge is 2.32. The van der Waals surface area contributed by atoms with Gasteiger partial charge in [0.1, 0.15) is 11.3 Å². The van der Waals surface area contributed by atoms with Crippen LogP contribution in [0, 0.1) is 0 Å². The van der Waals surface area contributed by atoms with Gasteiger partial charge in [-0.2, -0.15) is 0 Å². The fourth-order valence-corrected chi connectivity index (χ4v) is 2.81. The Labute approximate surface area is 96.1 Å². The lowest BCUT2D eigenvalue weighted by Gasteiger charge is -2.30. The first-order valence-electron chi connectivity index (χ1n) is 5.30. The number of rotatable bonds is 3. The van der Waals surface area contributed by atoms with E-state index in [1.165, 1.54) is 0 Å². The first-order valence-corrected chi connectivity index (χ1v) is 6.43. The predicted octanol–water partition coefficient (Wildman–Crippen LogP) is 2.80. The van der Waals surface area contributed by atoms with Gasteiger partial charge in [-0.15, -0.1) is 0 Å². The molecule has 0 amide bonds. The highest BCUT2D eigenvalue weighted by molar-refractivity contribution is 7.45. The van der Waals surface area contributed by atoms with E-state index in [4.69, 9.17) is 9.05 Å². The molecular formula is C11H14NO3P. The topological polar surface area (TPSA) is 38.8 Å². The lowest BCUT2D eigenvalue weighted by Crippen LogP contribution is -2.25. The summed E-state index contributed by atoms with van der Waals surface area (Å²) in [5, 5.41) is 0. The maximum atomic E-state index is 11.7. The first kappa shape index (κ1) is 11.4. The molecule has 0 bridgehead atoms. The molecule has 1 heterocycles. The number of fused-ring (bicyclic) bond motifs is 1. The average Bonchev–Trinajstić information content (AvgIpc) is 2.31. The molecule has 2 rings (SSSR count). The van der Waals surface area contributed by atoms with Crippen LogP contribution in [0.5, 0.6) is 5.75 Å². The van der Waals surface area contributed by atoms with Gasteiger partial charge >= 0.3 is 14.5 Å². The second-order valence-corrected chi connectivity index (χ2v) is 4.75. The Hall–Kier alpha value is -1.12. The van der Waals surface area contributed by atoms with Gasteiger partial charge in [0.25, 0.3) is 0 Å². The van der Waals surface area contributed by atoms with Crippen LogP contribution >= 0.6 is 8.53 Å². The van der Waals surface area contributed by atoms with Crippen LogP contribution in [-0.4, -0.2) is 23.7 Å². The van der Waals surface area contributed by atoms with Gasteiger partial charge in [-0.1, -0.05) is 26.0 Å². The third-order valence-electron chi connectivity index (χ3n) is 2.41. The second-order valence-electron chi connectivity index (χ2n) is 3.34. The number of para-hydroxylation sites is 1. The van der Waals surface area contributed by atoms with Crippen LogP contribution in [0.25, 0.3) is 0 Å². The van der Waals surface area contributed by atoms with Crippen LogP contribution < -0.4 is 4.52 Å². The van der Waals surface area contributed by atoms with Crippen molar-refractivity contribution in [1.82, 2.24) is 4.67 Å². The predicted molar refractivity (Wildman–Crippen MR) is 62.3 cm³/mol. The largest absolute Gasteiger partial charge is 0.426 e. The van der Waals surface area contributed by atoms with Gasteiger partial charge < -0.3 is 9.05 Å². The average molecular weight is 239 g/mol. The molecule has 0 N–H and O–H groups in total. The number of carbonyl (C=O) groups is 1. The highest BCUT2D eigenvalue weighted by atomic mass is 31.2. The van der Waals surface area contributed by atoms with Gasteiger partial charge in [0.2, 0.25) is 0 Å². The molecule has 1 aromatic carbocycles. The van der Waals surface area contributed by atoms with Crippen LogP contribution in [0.1, 0.15) is 24.2 Å². The first-order chi connectivity index (χ1) is 7.76. The minimum Gasteiger partial charge on any atom is -0.426 e. The van der Waals surface area contributed by atoms with Crippen molar-refractivity contribution in [3.8, 4) is 5.75 Å². The van der Waals surface area contributed by atoms with Crippen LogP contribution in [-0.2, 0) is 4.52 Å². The summed E-state index contributed by atoms with van der Waals surface area (Å²) in [5.74, 6) is 0.330. The van der Waals surface area contributed by atoms with Crippen molar-refractivity contribution >= 4 is 14.5 Å². The van der Waals surface area contributed by atoms with Gasteiger partial charge in [-0.05, 0) is 12.1 Å². The fraction of sp³-hybridized carbons (Fsp3) is 0.364. The van der Waals surface area contributed by atoms with Crippen molar-refractivity contribution in [3.63, 3.8) is 0 Å². The Morgan fingerprint density at radius 3 is 2.56 bits per heavy atom. The monoisotopic (exact) mass is 239 g/mol. The van der Waals surface area contributed by atoms with Crippen LogP contribution in [0.4, 0.5) is 0 Å². The van der Waals surface area contributed by atoms with Gasteiger partial charge in [0.15, 0.2) is 0 Å². The fourth-order valence-electron chi connectivity index (χ4n) is 1.51. The molecule has 1 aliphatic rings. The Morgan fingerprint density at radius 2 is 1.88 bits per heavy atom. The molecule has 16 heavy (non-hydrogen) atoms. The Bertz CT molecular complexity index is 393. The minimum atomic E-state index is -1.28. The van der Waals surface area contributed by atoms with Crippen LogP contribution in [0.2, 0.25) is 0 Å². The Morgan fingerprint density at radius 1 is 1.19 bits per heavy atom. The van der Waals surface area contributed by atoms with Crippen molar-refractivity contribution < 1.29 is 13.8 Å². The van der Waals surface area contributed by atoms with E-state index in [-0.39, 0.29) is 5.97 Å². The van der Waals surface area contributed by atoms with E-state index in [2.05, 4.69) is 0 Å². The number of nitrogens with zero attached hydrogens (tertiary/aromatic N) is 1. The maximum Gasteiger partial charge on any atom is 0.387 e. The smallest absolute Gasteiger partial charge is 0.387 e. The molecule has 5 heteroatoms. The molecule has 1 aromatic rings. The summed E-state index contributed by atoms with van der Waals surface area (Å²) in [6.07, 6.45) is 0. The molecule has 0 aromatic heterocycles. The molecule has 0 saturated heterocycles. The second kappa shape index (κ2) is 4.81. The number of hydrogen-bond acceptors (Lipinski definition) is 4. The van der Waals surface area contributed by atoms with Gasteiger partial charge in [-0.25, -0.2) is 9.46 Å². The normalized spacial score (nSPS) is 18.9. The quantitative estimate of drug-likeness (QED) is 0.760. The Kier molecular flexibility index (Phi) is 3.42. The molecule has 0 radical (unpaired) electrons. The summed E-state index contributed by atoms with van der Waals surface area (Å²) in [6, 6.07) is 7.17. The molecule has 4 nitrogen and oxygen atoms in total. The molecule has 0 aliphatic carbocycles. The molecule has 0 fully saturated rings. The Balaban J connectivity index is 2.24. The van der Waals surface area contributed by atoms with E-state index in [0.717, 1.165) is 13.1 Å². The summed E-state index contributed by atoms with van der Waals surface area (Å²) < 4.78 is 13.0. The molecular weight excluding hydrogens is 225 g/mol. The summed E-state index contributed by atoms with van der Waals surface area (Å²) in [6.45, 7) is 5.64. The van der Waals surface area contributed by atoms with E-state index in [1.807, 2.05) is 24.6 Å². The molecule has 1 atom stereocenters. The number of hydrogen-bond donors (Lipinski definition) is 0. The molecule has 0 spiro atoms. The third kappa shape index (κ3) is 2.04. The standard InChI is InChI=1S/C11H14NO3P/c1-3-12(4-2)16-14-10-8-6-5-7-9(10)11(13)15-16/h5-8H,3-4H2,1-2H3. The highest BCUT2D eigenvalue weighted by Crippen LogP contribution is 2.48. The SMILES string of the molecule is CCN(CC)P1OC(=O)c2ccccc2O1. The van der Waals surface area contributed by atoms with Crippen molar-refractivity contribution in [2.45, 2.75) is 13.8 Å². The molecule has 0 saturated carbocycles. The van der Waals surface area contributed by atoms with Crippen molar-refractivity contribution in [2.24, 2.45) is 0 Å². The third-order valence-corrected chi connectivity index (χ3v) is 4.11. The number of carbonyl (C=O) groups excluding carboxylic acids is 1. The van der Waals surface area contributed by atoms with E-state index in [9.17, 15) is 4.79 Å². The summed E-state index contributed by atoms with van der Waals surface area (Å²) in [5.41, 5.74) is 0.508. The van der Waals surface area contributed by atoms with Crippen molar-refractivity contribution in [3.05, 3.63) is 29.8 Å². The lowest BCUT2D eigenvalue weighted by molar-refractivity contribution is 0.0701. The number of benzene rings is 1. The summed E-state index contributed by atoms with van der Waals surface area (Å²) >= 11 is 0. The van der Waals surface area contributed by atoms with Crippen molar-refractivity contribution in [2.75, 3.05) is 13.1 Å². The van der Waals surface area contributed by atoms with E-state index in [1.54, 1.807) is 18.2 Å². The van der Waals surface area contributed by atoms with Gasteiger partial charge in [-0.3, -0.25) is 0 Å². The lowest BCUT2D eigenvalue weighted by atomic mass is 10.2. The van der Waals surface area contributed by atoms with E-state index >= 15 is 0 Å². The molecule has 1 unspecified atom stereocenters. The van der Waals surface area contributed by atoms with Crippen LogP contribution in [0.3, 0.4) is 0 Å². The zero-order chi connectivity index (χ0) is 11.5. The van der Waals surface area contributed by atoms with Gasteiger partial charge in [0, 0.05) is 13.1 Å². The summed E-state index contributed by atoms with van der Waals surface area (Å²) in [4.78, 5) is 11.7. The zero-order valence-electron chi connectivity index (χ0n) is 9.34. The zero-order valence-corrected chi connectivity index (χ0v) is 10.2. The van der Waals surface area contributed by atoms with Crippen LogP contribution in [0.15, 0.2) is 24.3 Å². The minimum absolute atomic E-state index is 0.292. The van der Waals surface area contributed by atoms with E-state index < -0.39 is 8.53 Å². The van der Waals surface area contributed by atoms with Crippen molar-refractivity contribution in [1.29, 1.82) is 0 Å².